The number of hydrogen-bond donors (Lipinski definition) is 1. The minimum absolute atomic E-state index is 0.0388. The van der Waals surface area contributed by atoms with Gasteiger partial charge in [0.1, 0.15) is 12.6 Å². The summed E-state index contributed by atoms with van der Waals surface area (Å²) >= 11 is 6.31. The lowest BCUT2D eigenvalue weighted by molar-refractivity contribution is -0.140. The van der Waals surface area contributed by atoms with Crippen LogP contribution in [0.3, 0.4) is 0 Å². The Morgan fingerprint density at radius 1 is 0.826 bits per heavy atom. The van der Waals surface area contributed by atoms with Gasteiger partial charge >= 0.3 is 0 Å². The zero-order valence-corrected chi connectivity index (χ0v) is 27.6. The second-order valence-corrected chi connectivity index (χ2v) is 14.2. The summed E-state index contributed by atoms with van der Waals surface area (Å²) in [6.45, 7) is 1.58. The molecule has 46 heavy (non-hydrogen) atoms. The van der Waals surface area contributed by atoms with E-state index in [1.165, 1.54) is 23.1 Å². The lowest BCUT2D eigenvalue weighted by atomic mass is 9.94. The molecule has 1 N–H and O–H groups in total. The number of anilines is 1. The van der Waals surface area contributed by atoms with Gasteiger partial charge in [-0.3, -0.25) is 13.9 Å². The molecule has 7 nitrogen and oxygen atoms in total. The Balaban J connectivity index is 1.56. The van der Waals surface area contributed by atoms with E-state index in [2.05, 4.69) is 5.32 Å². The highest BCUT2D eigenvalue weighted by atomic mass is 35.5. The number of carbonyl (C=O) groups excluding carboxylic acids is 2. The predicted octanol–water partition coefficient (Wildman–Crippen LogP) is 6.93. The minimum Gasteiger partial charge on any atom is -0.352 e. The predicted molar refractivity (Wildman–Crippen MR) is 183 cm³/mol. The third kappa shape index (κ3) is 8.56. The molecule has 0 aromatic heterocycles. The topological polar surface area (TPSA) is 86.8 Å². The fourth-order valence-corrected chi connectivity index (χ4v) is 7.60. The first kappa shape index (κ1) is 33.2. The summed E-state index contributed by atoms with van der Waals surface area (Å²) in [6.07, 6.45) is 5.31. The number of nitrogens with one attached hydrogen (secondary N) is 1. The maximum atomic E-state index is 14.6. The first-order valence-corrected chi connectivity index (χ1v) is 17.6. The van der Waals surface area contributed by atoms with Gasteiger partial charge in [0, 0.05) is 24.0 Å². The van der Waals surface area contributed by atoms with Crippen LogP contribution >= 0.6 is 11.6 Å². The molecule has 1 aliphatic carbocycles. The molecule has 0 aliphatic heterocycles. The molecule has 240 valence electrons. The molecular weight excluding hydrogens is 618 g/mol. The first-order chi connectivity index (χ1) is 22.2. The van der Waals surface area contributed by atoms with Gasteiger partial charge in [-0.15, -0.1) is 0 Å². The largest absolute Gasteiger partial charge is 0.352 e. The number of amides is 2. The van der Waals surface area contributed by atoms with Crippen molar-refractivity contribution >= 4 is 39.1 Å². The van der Waals surface area contributed by atoms with Gasteiger partial charge in [-0.05, 0) is 61.2 Å². The molecule has 4 aromatic carbocycles. The van der Waals surface area contributed by atoms with Gasteiger partial charge in [0.2, 0.25) is 11.8 Å². The van der Waals surface area contributed by atoms with Gasteiger partial charge in [0.15, 0.2) is 0 Å². The molecule has 1 aliphatic rings. The molecule has 5 rings (SSSR count). The Kier molecular flexibility index (Phi) is 11.1. The van der Waals surface area contributed by atoms with Crippen molar-refractivity contribution in [3.8, 4) is 0 Å². The number of hydrogen-bond acceptors (Lipinski definition) is 4. The average Bonchev–Trinajstić information content (AvgIpc) is 3.06. The average molecular weight is 658 g/mol. The first-order valence-electron chi connectivity index (χ1n) is 15.7. The Morgan fingerprint density at radius 3 is 2.15 bits per heavy atom. The second kappa shape index (κ2) is 15.4. The van der Waals surface area contributed by atoms with E-state index >= 15 is 0 Å². The normalized spacial score (nSPS) is 14.3. The molecule has 0 saturated heterocycles. The van der Waals surface area contributed by atoms with E-state index in [9.17, 15) is 18.0 Å². The molecule has 9 heteroatoms. The zero-order valence-electron chi connectivity index (χ0n) is 26.0. The van der Waals surface area contributed by atoms with Gasteiger partial charge in [0.25, 0.3) is 10.0 Å². The van der Waals surface area contributed by atoms with Crippen molar-refractivity contribution < 1.29 is 18.0 Å². The van der Waals surface area contributed by atoms with E-state index in [1.807, 2.05) is 61.5 Å². The minimum atomic E-state index is -4.18. The summed E-state index contributed by atoms with van der Waals surface area (Å²) in [6, 6.07) is 31.0. The highest BCUT2D eigenvalue weighted by molar-refractivity contribution is 7.92. The molecule has 0 heterocycles. The summed E-state index contributed by atoms with van der Waals surface area (Å²) in [5.74, 6) is -0.738. The van der Waals surface area contributed by atoms with Crippen LogP contribution in [0.15, 0.2) is 114 Å². The molecule has 0 spiro atoms. The second-order valence-electron chi connectivity index (χ2n) is 11.9. The van der Waals surface area contributed by atoms with Crippen molar-refractivity contribution in [2.45, 2.75) is 69.0 Å². The van der Waals surface area contributed by atoms with Crippen LogP contribution in [0.25, 0.3) is 0 Å². The quantitative estimate of drug-likeness (QED) is 0.179. The Morgan fingerprint density at radius 2 is 1.48 bits per heavy atom. The molecule has 1 fully saturated rings. The molecule has 0 radical (unpaired) electrons. The Hall–Kier alpha value is -4.14. The SMILES string of the molecule is Cc1cccc(CN(C(=O)CN(c2cccc(Cl)c2)S(=O)(=O)c2ccccc2)[C@@H](Cc2ccccc2)C(=O)NC2CCCCC2)c1. The highest BCUT2D eigenvalue weighted by Crippen LogP contribution is 2.27. The summed E-state index contributed by atoms with van der Waals surface area (Å²) in [5, 5.41) is 3.57. The third-order valence-corrected chi connectivity index (χ3v) is 10.4. The molecular formula is C37H40ClN3O4S. The smallest absolute Gasteiger partial charge is 0.264 e. The number of sulfonamides is 1. The van der Waals surface area contributed by atoms with E-state index in [4.69, 9.17) is 11.6 Å². The van der Waals surface area contributed by atoms with Crippen LogP contribution in [0.2, 0.25) is 5.02 Å². The number of nitrogens with zero attached hydrogens (tertiary/aromatic N) is 2. The number of carbonyl (C=O) groups is 2. The van der Waals surface area contributed by atoms with E-state index in [0.29, 0.717) is 5.02 Å². The van der Waals surface area contributed by atoms with Crippen LogP contribution < -0.4 is 9.62 Å². The van der Waals surface area contributed by atoms with Crippen LogP contribution in [0.5, 0.6) is 0 Å². The molecule has 4 aromatic rings. The van der Waals surface area contributed by atoms with Crippen molar-refractivity contribution in [1.82, 2.24) is 10.2 Å². The number of halogens is 1. The molecule has 1 saturated carbocycles. The summed E-state index contributed by atoms with van der Waals surface area (Å²) in [4.78, 5) is 30.4. The number of benzene rings is 4. The van der Waals surface area contributed by atoms with Crippen molar-refractivity contribution in [3.63, 3.8) is 0 Å². The number of aryl methyl sites for hydroxylation is 1. The third-order valence-electron chi connectivity index (χ3n) is 8.36. The summed E-state index contributed by atoms with van der Waals surface area (Å²) < 4.78 is 29.3. The lowest BCUT2D eigenvalue weighted by Crippen LogP contribution is -2.55. The fraction of sp³-hybridized carbons (Fsp3) is 0.297. The summed E-state index contributed by atoms with van der Waals surface area (Å²) in [7, 11) is -4.18. The van der Waals surface area contributed by atoms with E-state index < -0.39 is 28.5 Å². The van der Waals surface area contributed by atoms with Crippen molar-refractivity contribution in [2.24, 2.45) is 0 Å². The standard InChI is InChI=1S/C37H40ClN3O4S/c1-28-13-11-16-30(23-28)26-40(35(24-29-14-5-2-6-15-29)37(43)39-32-18-7-3-8-19-32)36(42)27-41(33-20-12-17-31(38)25-33)46(44,45)34-21-9-4-10-22-34/h2,4-6,9-17,20-23,25,32,35H,3,7-8,18-19,24,26-27H2,1H3,(H,39,43)/t35-/m0/s1. The Labute approximate surface area is 277 Å². The van der Waals surface area contributed by atoms with E-state index in [1.54, 1.807) is 36.4 Å². The molecule has 0 unspecified atom stereocenters. The maximum absolute atomic E-state index is 14.6. The van der Waals surface area contributed by atoms with E-state index in [-0.39, 0.29) is 35.5 Å². The van der Waals surface area contributed by atoms with Gasteiger partial charge in [-0.1, -0.05) is 115 Å². The van der Waals surface area contributed by atoms with Crippen LogP contribution in [-0.4, -0.2) is 43.8 Å². The van der Waals surface area contributed by atoms with Crippen molar-refractivity contribution in [2.75, 3.05) is 10.8 Å². The van der Waals surface area contributed by atoms with Crippen LogP contribution in [0.1, 0.15) is 48.8 Å². The van der Waals surface area contributed by atoms with Crippen LogP contribution in [0, 0.1) is 6.92 Å². The molecule has 0 bridgehead atoms. The lowest BCUT2D eigenvalue weighted by Gasteiger charge is -2.35. The molecule has 2 amide bonds. The number of rotatable bonds is 12. The van der Waals surface area contributed by atoms with Crippen LogP contribution in [-0.2, 0) is 32.6 Å². The van der Waals surface area contributed by atoms with Gasteiger partial charge in [-0.25, -0.2) is 8.42 Å². The van der Waals surface area contributed by atoms with Gasteiger partial charge in [-0.2, -0.15) is 0 Å². The van der Waals surface area contributed by atoms with E-state index in [0.717, 1.165) is 53.1 Å². The van der Waals surface area contributed by atoms with Crippen LogP contribution in [0.4, 0.5) is 5.69 Å². The van der Waals surface area contributed by atoms with Gasteiger partial charge in [0.05, 0.1) is 10.6 Å². The highest BCUT2D eigenvalue weighted by Gasteiger charge is 2.35. The maximum Gasteiger partial charge on any atom is 0.264 e. The molecule has 1 atom stereocenters. The Bertz CT molecular complexity index is 1730. The van der Waals surface area contributed by atoms with Gasteiger partial charge < -0.3 is 10.2 Å². The van der Waals surface area contributed by atoms with Crippen molar-refractivity contribution in [3.05, 3.63) is 131 Å². The fourth-order valence-electron chi connectivity index (χ4n) is 5.99. The zero-order chi connectivity index (χ0) is 32.5. The summed E-state index contributed by atoms with van der Waals surface area (Å²) in [5.41, 5.74) is 3.02. The van der Waals surface area contributed by atoms with Crippen molar-refractivity contribution in [1.29, 1.82) is 0 Å². The monoisotopic (exact) mass is 657 g/mol.